The molecule has 1 saturated carbocycles. The van der Waals surface area contributed by atoms with Gasteiger partial charge in [-0.25, -0.2) is 4.98 Å². The summed E-state index contributed by atoms with van der Waals surface area (Å²) < 4.78 is 18.8. The maximum Gasteiger partial charge on any atom is 0.253 e. The zero-order valence-electron chi connectivity index (χ0n) is 28.6. The van der Waals surface area contributed by atoms with Crippen LogP contribution < -0.4 is 30.4 Å². The van der Waals surface area contributed by atoms with Gasteiger partial charge < -0.3 is 29.4 Å². The Bertz CT molecular complexity index is 1970. The molecule has 2 saturated heterocycles. The molecular formula is C40H45N5O4. The van der Waals surface area contributed by atoms with E-state index in [0.29, 0.717) is 18.9 Å². The van der Waals surface area contributed by atoms with Crippen LogP contribution in [0, 0.1) is 5.41 Å². The number of aromatic nitrogens is 2. The lowest BCUT2D eigenvalue weighted by atomic mass is 9.62. The Balaban J connectivity index is 1.06. The fourth-order valence-electron chi connectivity index (χ4n) is 7.87. The Labute approximate surface area is 287 Å². The smallest absolute Gasteiger partial charge is 0.253 e. The molecule has 49 heavy (non-hydrogen) atoms. The van der Waals surface area contributed by atoms with E-state index in [1.807, 2.05) is 30.5 Å². The second-order valence-electron chi connectivity index (χ2n) is 13.6. The molecule has 5 aromatic rings. The molecule has 0 unspecified atom stereocenters. The Kier molecular flexibility index (Phi) is 9.19. The fourth-order valence-corrected chi connectivity index (χ4v) is 7.87. The van der Waals surface area contributed by atoms with E-state index >= 15 is 0 Å². The van der Waals surface area contributed by atoms with E-state index in [0.717, 1.165) is 84.7 Å². The van der Waals surface area contributed by atoms with E-state index in [9.17, 15) is 4.79 Å². The molecule has 8 rings (SSSR count). The normalized spacial score (nSPS) is 19.7. The molecule has 254 valence electrons. The molecule has 3 aliphatic rings. The van der Waals surface area contributed by atoms with Crippen LogP contribution in [0.3, 0.4) is 0 Å². The van der Waals surface area contributed by atoms with Crippen LogP contribution in [-0.4, -0.2) is 60.5 Å². The van der Waals surface area contributed by atoms with Crippen LogP contribution >= 0.6 is 0 Å². The lowest BCUT2D eigenvalue weighted by Gasteiger charge is -2.48. The highest BCUT2D eigenvalue weighted by Gasteiger charge is 2.65. The number of nitrogens with zero attached hydrogens (tertiary/aromatic N) is 3. The van der Waals surface area contributed by atoms with Crippen LogP contribution in [0.25, 0.3) is 10.8 Å². The van der Waals surface area contributed by atoms with Crippen molar-refractivity contribution in [2.75, 3.05) is 51.1 Å². The molecule has 2 aliphatic heterocycles. The maximum atomic E-state index is 12.2. The third-order valence-corrected chi connectivity index (χ3v) is 10.3. The average molecular weight is 660 g/mol. The molecule has 0 spiro atoms. The number of ether oxygens (including phenoxy) is 3. The van der Waals surface area contributed by atoms with Crippen molar-refractivity contribution in [1.82, 2.24) is 14.5 Å². The summed E-state index contributed by atoms with van der Waals surface area (Å²) in [6, 6.07) is 28.5. The second-order valence-corrected chi connectivity index (χ2v) is 13.6. The third-order valence-electron chi connectivity index (χ3n) is 10.3. The Hall–Kier alpha value is -5.02. The Morgan fingerprint density at radius 1 is 0.878 bits per heavy atom. The minimum Gasteiger partial charge on any atom is -0.497 e. The van der Waals surface area contributed by atoms with Gasteiger partial charge in [0.05, 0.1) is 20.8 Å². The van der Waals surface area contributed by atoms with E-state index < -0.39 is 0 Å². The molecule has 2 N–H and O–H groups in total. The van der Waals surface area contributed by atoms with Gasteiger partial charge in [-0.3, -0.25) is 9.69 Å². The van der Waals surface area contributed by atoms with Crippen LogP contribution in [0.15, 0.2) is 102 Å². The number of hydrogen-bond donors (Lipinski definition) is 2. The van der Waals surface area contributed by atoms with Crippen molar-refractivity contribution in [3.8, 4) is 17.2 Å². The summed E-state index contributed by atoms with van der Waals surface area (Å²) in [6.45, 7) is 4.06. The van der Waals surface area contributed by atoms with Gasteiger partial charge in [0.1, 0.15) is 23.1 Å². The van der Waals surface area contributed by atoms with E-state index in [2.05, 4.69) is 70.1 Å². The summed E-state index contributed by atoms with van der Waals surface area (Å²) >= 11 is 0. The number of nitrogens with one attached hydrogen (secondary N) is 2. The summed E-state index contributed by atoms with van der Waals surface area (Å²) in [5.41, 5.74) is 3.58. The lowest BCUT2D eigenvalue weighted by Crippen LogP contribution is -2.55. The van der Waals surface area contributed by atoms with Gasteiger partial charge in [0.2, 0.25) is 0 Å². The van der Waals surface area contributed by atoms with Gasteiger partial charge in [0, 0.05) is 84.2 Å². The van der Waals surface area contributed by atoms with Crippen LogP contribution in [-0.2, 0) is 20.0 Å². The van der Waals surface area contributed by atoms with Gasteiger partial charge in [-0.15, -0.1) is 0 Å². The highest BCUT2D eigenvalue weighted by molar-refractivity contribution is 5.99. The molecule has 3 aromatic carbocycles. The highest BCUT2D eigenvalue weighted by atomic mass is 16.5. The predicted molar refractivity (Wildman–Crippen MR) is 195 cm³/mol. The second kappa shape index (κ2) is 13.8. The zero-order valence-corrected chi connectivity index (χ0v) is 28.6. The first-order valence-electron chi connectivity index (χ1n) is 17.0. The lowest BCUT2D eigenvalue weighted by molar-refractivity contribution is 0.0373. The number of pyridine rings is 2. The molecule has 2 aromatic heterocycles. The minimum absolute atomic E-state index is 0.0497. The van der Waals surface area contributed by atoms with Gasteiger partial charge in [-0.2, -0.15) is 0 Å². The van der Waals surface area contributed by atoms with Crippen molar-refractivity contribution in [2.24, 2.45) is 12.5 Å². The SMILES string of the molecule is COc1ccc(CNc2nccc3c(NCC45CC(COc6ccn(C)c(=O)c6)(CN4CCCc4ccccc4)C5)cccc23)c(OC)c1. The number of aryl methyl sites for hydroxylation is 2. The van der Waals surface area contributed by atoms with Gasteiger partial charge in [-0.1, -0.05) is 42.5 Å². The van der Waals surface area contributed by atoms with Gasteiger partial charge in [0.15, 0.2) is 0 Å². The molecule has 2 bridgehead atoms. The summed E-state index contributed by atoms with van der Waals surface area (Å²) in [7, 11) is 5.08. The highest BCUT2D eigenvalue weighted by Crippen LogP contribution is 2.59. The van der Waals surface area contributed by atoms with Crippen molar-refractivity contribution in [1.29, 1.82) is 0 Å². The summed E-state index contributed by atoms with van der Waals surface area (Å²) in [4.78, 5) is 19.6. The topological polar surface area (TPSA) is 89.9 Å². The number of fused-ring (bicyclic) bond motifs is 2. The Morgan fingerprint density at radius 2 is 1.73 bits per heavy atom. The third kappa shape index (κ3) is 6.81. The summed E-state index contributed by atoms with van der Waals surface area (Å²) in [5.74, 6) is 3.01. The Morgan fingerprint density at radius 3 is 2.53 bits per heavy atom. The van der Waals surface area contributed by atoms with E-state index in [4.69, 9.17) is 19.2 Å². The van der Waals surface area contributed by atoms with E-state index in [1.165, 1.54) is 5.56 Å². The van der Waals surface area contributed by atoms with Crippen LogP contribution in [0.5, 0.6) is 17.2 Å². The number of methoxy groups -OCH3 is 2. The van der Waals surface area contributed by atoms with Gasteiger partial charge in [0.25, 0.3) is 5.56 Å². The average Bonchev–Trinajstić information content (AvgIpc) is 3.59. The number of anilines is 2. The van der Waals surface area contributed by atoms with E-state index in [-0.39, 0.29) is 16.5 Å². The monoisotopic (exact) mass is 659 g/mol. The number of benzene rings is 3. The number of hydrogen-bond acceptors (Lipinski definition) is 8. The maximum absolute atomic E-state index is 12.2. The van der Waals surface area contributed by atoms with Crippen molar-refractivity contribution in [3.05, 3.63) is 119 Å². The minimum atomic E-state index is -0.0554. The first-order valence-corrected chi connectivity index (χ1v) is 17.0. The molecule has 0 atom stereocenters. The van der Waals surface area contributed by atoms with Crippen molar-refractivity contribution in [3.63, 3.8) is 0 Å². The molecule has 9 heteroatoms. The first kappa shape index (κ1) is 32.5. The van der Waals surface area contributed by atoms with E-state index in [1.54, 1.807) is 38.1 Å². The van der Waals surface area contributed by atoms with Crippen LogP contribution in [0.2, 0.25) is 0 Å². The van der Waals surface area contributed by atoms with Crippen molar-refractivity contribution >= 4 is 22.3 Å². The predicted octanol–water partition coefficient (Wildman–Crippen LogP) is 6.52. The van der Waals surface area contributed by atoms with Gasteiger partial charge >= 0.3 is 0 Å². The largest absolute Gasteiger partial charge is 0.497 e. The van der Waals surface area contributed by atoms with Crippen molar-refractivity contribution in [2.45, 2.75) is 37.8 Å². The fraction of sp³-hybridized carbons (Fsp3) is 0.350. The summed E-state index contributed by atoms with van der Waals surface area (Å²) in [6.07, 6.45) is 7.93. The zero-order chi connectivity index (χ0) is 33.8. The molecule has 0 radical (unpaired) electrons. The van der Waals surface area contributed by atoms with Gasteiger partial charge in [-0.05, 0) is 68.1 Å². The first-order chi connectivity index (χ1) is 23.9. The molecule has 9 nitrogen and oxygen atoms in total. The van der Waals surface area contributed by atoms with Crippen LogP contribution in [0.4, 0.5) is 11.5 Å². The molecule has 4 heterocycles. The standard InChI is InChI=1S/C40H45N5O4/c1-44-20-17-32(22-37(44)46)49-28-39-24-40(25-39,45(27-39)19-8-11-29-9-5-4-6-10-29)26-43-35-13-7-12-34-33(35)16-18-41-38(34)42-23-30-14-15-31(47-2)21-36(30)48-3/h4-7,9-10,12-18,20-22,43H,8,11,19,23-28H2,1-3H3,(H,41,42). The molecule has 0 amide bonds. The quantitative estimate of drug-likeness (QED) is 0.131. The van der Waals surface area contributed by atoms with Crippen molar-refractivity contribution < 1.29 is 14.2 Å². The molecule has 3 fully saturated rings. The molecule has 1 aliphatic carbocycles. The molecular weight excluding hydrogens is 614 g/mol. The van der Waals surface area contributed by atoms with Crippen LogP contribution in [0.1, 0.15) is 30.4 Å². The number of rotatable bonds is 15. The summed E-state index contributed by atoms with van der Waals surface area (Å²) in [5, 5.41) is 9.60.